The standard InChI is InChI=1S/C29H36N2O/c1-6-22-15-20(16-23(7-2)28(22)30)14-21-17-24(8-3)29(25(9-4)18-21)31-19(5)26-10-12-27(32)13-11-26/h10-13,15-18,32H,6-9,14,30H2,1-5H3/b31-19+. The fraction of sp³-hybridized carbons (Fsp3) is 0.345. The van der Waals surface area contributed by atoms with Gasteiger partial charge in [-0.2, -0.15) is 0 Å². The number of aryl methyl sites for hydroxylation is 4. The van der Waals surface area contributed by atoms with Crippen molar-refractivity contribution >= 4 is 17.1 Å². The SMILES string of the molecule is CCc1cc(Cc2cc(CC)c(/N=C(\C)c3ccc(O)cc3)c(CC)c2)cc(CC)c1N. The first kappa shape index (κ1) is 23.6. The molecule has 0 spiro atoms. The van der Waals surface area contributed by atoms with E-state index < -0.39 is 0 Å². The molecule has 0 fully saturated rings. The van der Waals surface area contributed by atoms with Crippen molar-refractivity contribution < 1.29 is 5.11 Å². The van der Waals surface area contributed by atoms with Gasteiger partial charge in [-0.15, -0.1) is 0 Å². The Bertz CT molecular complexity index is 1060. The van der Waals surface area contributed by atoms with E-state index in [4.69, 9.17) is 10.7 Å². The maximum atomic E-state index is 9.58. The van der Waals surface area contributed by atoms with Gasteiger partial charge in [0.1, 0.15) is 5.75 Å². The lowest BCUT2D eigenvalue weighted by atomic mass is 9.92. The van der Waals surface area contributed by atoms with Crippen LogP contribution in [0.3, 0.4) is 0 Å². The van der Waals surface area contributed by atoms with E-state index in [2.05, 4.69) is 52.0 Å². The lowest BCUT2D eigenvalue weighted by Gasteiger charge is -2.16. The number of aliphatic imine (C=N–C) groups is 1. The van der Waals surface area contributed by atoms with Gasteiger partial charge in [-0.3, -0.25) is 4.99 Å². The van der Waals surface area contributed by atoms with Gasteiger partial charge < -0.3 is 10.8 Å². The van der Waals surface area contributed by atoms with Crippen molar-refractivity contribution in [2.24, 2.45) is 4.99 Å². The van der Waals surface area contributed by atoms with E-state index in [9.17, 15) is 5.11 Å². The highest BCUT2D eigenvalue weighted by Crippen LogP contribution is 2.31. The zero-order chi connectivity index (χ0) is 23.3. The van der Waals surface area contributed by atoms with Crippen LogP contribution in [0.5, 0.6) is 5.75 Å². The number of nitrogens with two attached hydrogens (primary N) is 1. The first-order valence-corrected chi connectivity index (χ1v) is 11.8. The third-order valence-corrected chi connectivity index (χ3v) is 6.24. The van der Waals surface area contributed by atoms with E-state index in [1.165, 1.54) is 33.4 Å². The molecule has 3 rings (SSSR count). The van der Waals surface area contributed by atoms with Crippen LogP contribution >= 0.6 is 0 Å². The summed E-state index contributed by atoms with van der Waals surface area (Å²) >= 11 is 0. The fourth-order valence-corrected chi connectivity index (χ4v) is 4.33. The summed E-state index contributed by atoms with van der Waals surface area (Å²) in [5.41, 5.74) is 18.1. The Hall–Kier alpha value is -3.07. The molecule has 0 saturated heterocycles. The molecule has 3 heteroatoms. The second-order valence-electron chi connectivity index (χ2n) is 8.43. The zero-order valence-electron chi connectivity index (χ0n) is 20.1. The number of anilines is 1. The maximum Gasteiger partial charge on any atom is 0.115 e. The van der Waals surface area contributed by atoms with Crippen molar-refractivity contribution in [2.45, 2.75) is 66.7 Å². The Kier molecular flexibility index (Phi) is 7.74. The average Bonchev–Trinajstić information content (AvgIpc) is 2.80. The molecule has 0 aliphatic rings. The number of aromatic hydroxyl groups is 1. The Morgan fingerprint density at radius 1 is 0.750 bits per heavy atom. The van der Waals surface area contributed by atoms with Crippen molar-refractivity contribution in [1.82, 2.24) is 0 Å². The molecule has 0 radical (unpaired) electrons. The van der Waals surface area contributed by atoms with Gasteiger partial charge in [0.05, 0.1) is 5.69 Å². The first-order valence-electron chi connectivity index (χ1n) is 11.8. The lowest BCUT2D eigenvalue weighted by molar-refractivity contribution is 0.475. The van der Waals surface area contributed by atoms with E-state index in [-0.39, 0.29) is 5.75 Å². The van der Waals surface area contributed by atoms with Crippen LogP contribution in [-0.4, -0.2) is 10.8 Å². The summed E-state index contributed by atoms with van der Waals surface area (Å²) < 4.78 is 0. The second kappa shape index (κ2) is 10.5. The Morgan fingerprint density at radius 3 is 1.62 bits per heavy atom. The number of nitrogen functional groups attached to an aromatic ring is 1. The molecule has 0 bridgehead atoms. The van der Waals surface area contributed by atoms with Crippen LogP contribution in [0, 0.1) is 0 Å². The van der Waals surface area contributed by atoms with Gasteiger partial charge >= 0.3 is 0 Å². The number of hydrogen-bond donors (Lipinski definition) is 2. The summed E-state index contributed by atoms with van der Waals surface area (Å²) in [5, 5.41) is 9.58. The molecule has 0 unspecified atom stereocenters. The smallest absolute Gasteiger partial charge is 0.115 e. The highest BCUT2D eigenvalue weighted by atomic mass is 16.3. The number of hydrogen-bond acceptors (Lipinski definition) is 3. The van der Waals surface area contributed by atoms with E-state index in [0.717, 1.165) is 54.8 Å². The van der Waals surface area contributed by atoms with E-state index in [1.54, 1.807) is 12.1 Å². The van der Waals surface area contributed by atoms with E-state index in [0.29, 0.717) is 0 Å². The quantitative estimate of drug-likeness (QED) is 0.301. The third kappa shape index (κ3) is 5.21. The molecule has 168 valence electrons. The van der Waals surface area contributed by atoms with Crippen molar-refractivity contribution in [1.29, 1.82) is 0 Å². The first-order chi connectivity index (χ1) is 15.4. The lowest BCUT2D eigenvalue weighted by Crippen LogP contribution is -2.02. The molecule has 0 aliphatic heterocycles. The predicted molar refractivity (Wildman–Crippen MR) is 138 cm³/mol. The molecule has 3 N–H and O–H groups in total. The topological polar surface area (TPSA) is 58.6 Å². The van der Waals surface area contributed by atoms with E-state index in [1.807, 2.05) is 19.1 Å². The monoisotopic (exact) mass is 428 g/mol. The Labute approximate surface area is 193 Å². The summed E-state index contributed by atoms with van der Waals surface area (Å²) in [6.45, 7) is 10.8. The highest BCUT2D eigenvalue weighted by Gasteiger charge is 2.12. The molecule has 3 aromatic carbocycles. The maximum absolute atomic E-state index is 9.58. The molecule has 0 amide bonds. The average molecular weight is 429 g/mol. The molecule has 0 saturated carbocycles. The molecule has 32 heavy (non-hydrogen) atoms. The van der Waals surface area contributed by atoms with Crippen LogP contribution < -0.4 is 5.73 Å². The van der Waals surface area contributed by atoms with Gasteiger partial charge in [0.25, 0.3) is 0 Å². The zero-order valence-corrected chi connectivity index (χ0v) is 20.1. The number of nitrogens with zero attached hydrogens (tertiary/aromatic N) is 1. The minimum atomic E-state index is 0.273. The molecule has 0 heterocycles. The van der Waals surface area contributed by atoms with Gasteiger partial charge in [-0.1, -0.05) is 52.0 Å². The number of phenols is 1. The van der Waals surface area contributed by atoms with Crippen molar-refractivity contribution in [2.75, 3.05) is 5.73 Å². The van der Waals surface area contributed by atoms with Crippen LogP contribution in [0.2, 0.25) is 0 Å². The van der Waals surface area contributed by atoms with Crippen LogP contribution in [0.15, 0.2) is 53.5 Å². The van der Waals surface area contributed by atoms with Gasteiger partial charge in [-0.25, -0.2) is 0 Å². The molecule has 0 aliphatic carbocycles. The van der Waals surface area contributed by atoms with Gasteiger partial charge in [0.2, 0.25) is 0 Å². The molecule has 3 aromatic rings. The van der Waals surface area contributed by atoms with Crippen molar-refractivity contribution in [3.8, 4) is 5.75 Å². The van der Waals surface area contributed by atoms with Gasteiger partial charge in [-0.05, 0) is 102 Å². The highest BCUT2D eigenvalue weighted by molar-refractivity contribution is 6.00. The predicted octanol–water partition coefficient (Wildman–Crippen LogP) is 6.96. The Balaban J connectivity index is 2.01. The third-order valence-electron chi connectivity index (χ3n) is 6.24. The summed E-state index contributed by atoms with van der Waals surface area (Å²) in [6, 6.07) is 16.4. The summed E-state index contributed by atoms with van der Waals surface area (Å²) in [5.74, 6) is 0.273. The second-order valence-corrected chi connectivity index (χ2v) is 8.43. The van der Waals surface area contributed by atoms with Crippen LogP contribution in [-0.2, 0) is 32.1 Å². The normalized spacial score (nSPS) is 11.7. The van der Waals surface area contributed by atoms with Crippen LogP contribution in [0.25, 0.3) is 0 Å². The molecular weight excluding hydrogens is 392 g/mol. The van der Waals surface area contributed by atoms with Crippen LogP contribution in [0.4, 0.5) is 11.4 Å². The number of phenolic OH excluding ortho intramolecular Hbond substituents is 1. The van der Waals surface area contributed by atoms with Gasteiger partial charge in [0, 0.05) is 11.4 Å². The summed E-state index contributed by atoms with van der Waals surface area (Å²) in [7, 11) is 0. The summed E-state index contributed by atoms with van der Waals surface area (Å²) in [6.07, 6.45) is 4.69. The molecular formula is C29H36N2O. The number of benzene rings is 3. The fourth-order valence-electron chi connectivity index (χ4n) is 4.33. The molecule has 0 aromatic heterocycles. The minimum absolute atomic E-state index is 0.273. The van der Waals surface area contributed by atoms with Crippen LogP contribution in [0.1, 0.15) is 73.6 Å². The summed E-state index contributed by atoms with van der Waals surface area (Å²) in [4.78, 5) is 5.03. The molecule has 3 nitrogen and oxygen atoms in total. The van der Waals surface area contributed by atoms with Gasteiger partial charge in [0.15, 0.2) is 0 Å². The van der Waals surface area contributed by atoms with Crippen molar-refractivity contribution in [3.05, 3.63) is 87.5 Å². The largest absolute Gasteiger partial charge is 0.508 e. The van der Waals surface area contributed by atoms with E-state index >= 15 is 0 Å². The molecule has 0 atom stereocenters. The van der Waals surface area contributed by atoms with Crippen molar-refractivity contribution in [3.63, 3.8) is 0 Å². The minimum Gasteiger partial charge on any atom is -0.508 e. The number of rotatable bonds is 8. The Morgan fingerprint density at radius 2 is 1.19 bits per heavy atom.